The minimum atomic E-state index is -4.45. The second-order valence-corrected chi connectivity index (χ2v) is 8.70. The highest BCUT2D eigenvalue weighted by molar-refractivity contribution is 7.98. The third-order valence-corrected chi connectivity index (χ3v) is 6.17. The van der Waals surface area contributed by atoms with Gasteiger partial charge in [0.15, 0.2) is 11.8 Å². The summed E-state index contributed by atoms with van der Waals surface area (Å²) >= 11 is 1.48. The Morgan fingerprint density at radius 1 is 1.12 bits per heavy atom. The lowest BCUT2D eigenvalue weighted by atomic mass is 9.86. The standard InChI is InChI=1S/C24H23F3N4O2S/c1-34-23-29-12-18(13-30-23)20-7-3-2-6-19(20)17-5-4-10-31(14-17)22(32)16-8-9-21(28-11-16)33-15-24(25,26)27/h2-3,6-9,11-13,17H,4-5,10,14-15H2,1H3. The van der Waals surface area contributed by atoms with E-state index in [9.17, 15) is 18.0 Å². The van der Waals surface area contributed by atoms with E-state index in [1.165, 1.54) is 30.1 Å². The van der Waals surface area contributed by atoms with Gasteiger partial charge in [0.05, 0.1) is 5.56 Å². The number of hydrogen-bond acceptors (Lipinski definition) is 6. The number of likely N-dealkylation sites (tertiary alicyclic amines) is 1. The zero-order valence-corrected chi connectivity index (χ0v) is 19.3. The van der Waals surface area contributed by atoms with Gasteiger partial charge in [-0.2, -0.15) is 13.2 Å². The van der Waals surface area contributed by atoms with Gasteiger partial charge in [0.2, 0.25) is 5.88 Å². The fourth-order valence-corrected chi connectivity index (χ4v) is 4.34. The number of rotatable bonds is 6. The third-order valence-electron chi connectivity index (χ3n) is 5.60. The maximum absolute atomic E-state index is 13.1. The Hall–Kier alpha value is -3.14. The van der Waals surface area contributed by atoms with E-state index in [0.29, 0.717) is 23.8 Å². The maximum Gasteiger partial charge on any atom is 0.422 e. The number of ether oxygens (including phenoxy) is 1. The van der Waals surface area contributed by atoms with E-state index < -0.39 is 12.8 Å². The first-order valence-corrected chi connectivity index (χ1v) is 12.0. The lowest BCUT2D eigenvalue weighted by molar-refractivity contribution is -0.154. The highest BCUT2D eigenvalue weighted by Gasteiger charge is 2.29. The van der Waals surface area contributed by atoms with Gasteiger partial charge in [-0.15, -0.1) is 0 Å². The summed E-state index contributed by atoms with van der Waals surface area (Å²) in [7, 11) is 0. The summed E-state index contributed by atoms with van der Waals surface area (Å²) in [5.41, 5.74) is 3.42. The number of aromatic nitrogens is 3. The van der Waals surface area contributed by atoms with Crippen LogP contribution in [0.2, 0.25) is 0 Å². The Bertz CT molecular complexity index is 1120. The van der Waals surface area contributed by atoms with Crippen LogP contribution in [-0.4, -0.2) is 57.9 Å². The van der Waals surface area contributed by atoms with Crippen LogP contribution in [0.15, 0.2) is 60.1 Å². The van der Waals surface area contributed by atoms with Gasteiger partial charge in [-0.1, -0.05) is 36.0 Å². The summed E-state index contributed by atoms with van der Waals surface area (Å²) in [6, 6.07) is 10.8. The van der Waals surface area contributed by atoms with Crippen LogP contribution in [0.25, 0.3) is 11.1 Å². The highest BCUT2D eigenvalue weighted by atomic mass is 32.2. The molecule has 3 aromatic rings. The number of hydrogen-bond donors (Lipinski definition) is 0. The number of nitrogens with zero attached hydrogens (tertiary/aromatic N) is 4. The summed E-state index contributed by atoms with van der Waals surface area (Å²) in [6.45, 7) is -0.285. The minimum absolute atomic E-state index is 0.136. The predicted octanol–water partition coefficient (Wildman–Crippen LogP) is 5.22. The molecular weight excluding hydrogens is 465 g/mol. The Morgan fingerprint density at radius 2 is 1.88 bits per heavy atom. The van der Waals surface area contributed by atoms with Crippen molar-refractivity contribution in [3.8, 4) is 17.0 Å². The van der Waals surface area contributed by atoms with Crippen LogP contribution in [0.3, 0.4) is 0 Å². The molecule has 1 fully saturated rings. The molecule has 1 unspecified atom stereocenters. The van der Waals surface area contributed by atoms with Crippen molar-refractivity contribution in [1.82, 2.24) is 19.9 Å². The smallest absolute Gasteiger partial charge is 0.422 e. The fraction of sp³-hybridized carbons (Fsp3) is 0.333. The number of piperidine rings is 1. The number of pyridine rings is 1. The highest BCUT2D eigenvalue weighted by Crippen LogP contribution is 2.34. The van der Waals surface area contributed by atoms with E-state index in [1.54, 1.807) is 4.90 Å². The lowest BCUT2D eigenvalue weighted by Gasteiger charge is -2.34. The van der Waals surface area contributed by atoms with Gasteiger partial charge in [0, 0.05) is 49.2 Å². The van der Waals surface area contributed by atoms with E-state index in [1.807, 2.05) is 36.8 Å². The molecule has 1 aliphatic rings. The normalized spacial score (nSPS) is 16.4. The van der Waals surface area contributed by atoms with Gasteiger partial charge in [-0.3, -0.25) is 4.79 Å². The summed E-state index contributed by atoms with van der Waals surface area (Å²) in [5.74, 6) is -0.241. The molecule has 2 aromatic heterocycles. The van der Waals surface area contributed by atoms with Gasteiger partial charge in [-0.25, -0.2) is 15.0 Å². The molecule has 4 rings (SSSR count). The number of amides is 1. The molecule has 1 atom stereocenters. The Labute approximate surface area is 199 Å². The Kier molecular flexibility index (Phi) is 7.35. The summed E-state index contributed by atoms with van der Waals surface area (Å²) in [5, 5.41) is 0.708. The number of carbonyl (C=O) groups is 1. The average Bonchev–Trinajstić information content (AvgIpc) is 2.87. The molecule has 0 aliphatic carbocycles. The van der Waals surface area contributed by atoms with Gasteiger partial charge in [-0.05, 0) is 36.3 Å². The zero-order valence-electron chi connectivity index (χ0n) is 18.5. The van der Waals surface area contributed by atoms with Crippen molar-refractivity contribution in [2.75, 3.05) is 26.0 Å². The SMILES string of the molecule is CSc1ncc(-c2ccccc2C2CCCN(C(=O)c3ccc(OCC(F)(F)F)nc3)C2)cn1. The average molecular weight is 489 g/mol. The van der Waals surface area contributed by atoms with Crippen LogP contribution < -0.4 is 4.74 Å². The van der Waals surface area contributed by atoms with E-state index in [-0.39, 0.29) is 17.7 Å². The fourth-order valence-electron chi connectivity index (χ4n) is 4.02. The van der Waals surface area contributed by atoms with Gasteiger partial charge in [0.25, 0.3) is 5.91 Å². The molecular formula is C24H23F3N4O2S. The lowest BCUT2D eigenvalue weighted by Crippen LogP contribution is -2.39. The molecule has 1 saturated heterocycles. The Morgan fingerprint density at radius 3 is 2.56 bits per heavy atom. The van der Waals surface area contributed by atoms with Crippen LogP contribution >= 0.6 is 11.8 Å². The van der Waals surface area contributed by atoms with Crippen molar-refractivity contribution in [2.45, 2.75) is 30.1 Å². The molecule has 178 valence electrons. The molecule has 0 N–H and O–H groups in total. The first-order valence-electron chi connectivity index (χ1n) is 10.7. The second kappa shape index (κ2) is 10.4. The summed E-state index contributed by atoms with van der Waals surface area (Å²) in [4.78, 5) is 27.5. The summed E-state index contributed by atoms with van der Waals surface area (Å²) in [6.07, 6.45) is 4.15. The Balaban J connectivity index is 1.48. The number of carbonyl (C=O) groups excluding carboxylic acids is 1. The molecule has 1 aliphatic heterocycles. The van der Waals surface area contributed by atoms with E-state index >= 15 is 0 Å². The predicted molar refractivity (Wildman–Crippen MR) is 123 cm³/mol. The molecule has 1 aromatic carbocycles. The number of benzene rings is 1. The van der Waals surface area contributed by atoms with Crippen molar-refractivity contribution >= 4 is 17.7 Å². The molecule has 10 heteroatoms. The number of thioether (sulfide) groups is 1. The van der Waals surface area contributed by atoms with Crippen LogP contribution in [0.4, 0.5) is 13.2 Å². The number of alkyl halides is 3. The van der Waals surface area contributed by atoms with E-state index in [2.05, 4.69) is 25.8 Å². The van der Waals surface area contributed by atoms with Gasteiger partial charge >= 0.3 is 6.18 Å². The quantitative estimate of drug-likeness (QED) is 0.350. The molecule has 0 saturated carbocycles. The largest absolute Gasteiger partial charge is 0.468 e. The zero-order chi connectivity index (χ0) is 24.1. The number of halogens is 3. The molecule has 34 heavy (non-hydrogen) atoms. The first kappa shape index (κ1) is 24.0. The molecule has 0 bridgehead atoms. The van der Waals surface area contributed by atoms with Crippen molar-refractivity contribution in [1.29, 1.82) is 0 Å². The molecule has 6 nitrogen and oxygen atoms in total. The van der Waals surface area contributed by atoms with Crippen LogP contribution in [0.1, 0.15) is 34.7 Å². The minimum Gasteiger partial charge on any atom is -0.468 e. The molecule has 1 amide bonds. The van der Waals surface area contributed by atoms with Crippen molar-refractivity contribution in [3.05, 3.63) is 66.1 Å². The van der Waals surface area contributed by atoms with Crippen molar-refractivity contribution in [3.63, 3.8) is 0 Å². The monoisotopic (exact) mass is 488 g/mol. The first-order chi connectivity index (χ1) is 16.3. The second-order valence-electron chi connectivity index (χ2n) is 7.92. The van der Waals surface area contributed by atoms with Crippen LogP contribution in [-0.2, 0) is 0 Å². The maximum atomic E-state index is 13.1. The van der Waals surface area contributed by atoms with E-state index in [4.69, 9.17) is 0 Å². The van der Waals surface area contributed by atoms with E-state index in [0.717, 1.165) is 29.5 Å². The molecule has 3 heterocycles. The summed E-state index contributed by atoms with van der Waals surface area (Å²) < 4.78 is 41.6. The van der Waals surface area contributed by atoms with Crippen molar-refractivity contribution in [2.24, 2.45) is 0 Å². The van der Waals surface area contributed by atoms with Crippen LogP contribution in [0.5, 0.6) is 5.88 Å². The van der Waals surface area contributed by atoms with Gasteiger partial charge in [0.1, 0.15) is 0 Å². The van der Waals surface area contributed by atoms with Crippen molar-refractivity contribution < 1.29 is 22.7 Å². The molecule has 0 spiro atoms. The topological polar surface area (TPSA) is 68.2 Å². The molecule has 0 radical (unpaired) electrons. The third kappa shape index (κ3) is 5.85. The van der Waals surface area contributed by atoms with Gasteiger partial charge < -0.3 is 9.64 Å². The van der Waals surface area contributed by atoms with Crippen LogP contribution in [0, 0.1) is 0 Å².